The summed E-state index contributed by atoms with van der Waals surface area (Å²) in [6.07, 6.45) is 2.50. The van der Waals surface area contributed by atoms with Crippen LogP contribution in [0, 0.1) is 0 Å². The molecule has 0 aliphatic carbocycles. The second-order valence-electron chi connectivity index (χ2n) is 8.76. The zero-order valence-electron chi connectivity index (χ0n) is 19.4. The first-order chi connectivity index (χ1) is 17.0. The molecule has 5 rings (SSSR count). The quantitative estimate of drug-likeness (QED) is 0.414. The molecular formula is C28H27N3O3S. The van der Waals surface area contributed by atoms with Crippen LogP contribution in [0.15, 0.2) is 96.0 Å². The van der Waals surface area contributed by atoms with Gasteiger partial charge < -0.3 is 9.80 Å². The van der Waals surface area contributed by atoms with Gasteiger partial charge in [-0.1, -0.05) is 48.5 Å². The van der Waals surface area contributed by atoms with Crippen LogP contribution in [0.1, 0.15) is 22.3 Å². The van der Waals surface area contributed by atoms with Crippen LogP contribution in [0.2, 0.25) is 0 Å². The van der Waals surface area contributed by atoms with E-state index in [1.165, 1.54) is 5.69 Å². The van der Waals surface area contributed by atoms with Crippen LogP contribution in [0.3, 0.4) is 0 Å². The van der Waals surface area contributed by atoms with Gasteiger partial charge in [0.05, 0.1) is 16.2 Å². The van der Waals surface area contributed by atoms with Gasteiger partial charge in [0.1, 0.15) is 0 Å². The number of sulfone groups is 1. The molecule has 1 fully saturated rings. The molecule has 0 spiro atoms. The molecule has 7 heteroatoms. The summed E-state index contributed by atoms with van der Waals surface area (Å²) in [6.45, 7) is 3.04. The zero-order valence-corrected chi connectivity index (χ0v) is 20.2. The maximum atomic E-state index is 13.1. The van der Waals surface area contributed by atoms with E-state index >= 15 is 0 Å². The minimum atomic E-state index is -3.59. The summed E-state index contributed by atoms with van der Waals surface area (Å²) >= 11 is 0. The van der Waals surface area contributed by atoms with E-state index in [1.807, 2.05) is 35.2 Å². The third kappa shape index (κ3) is 5.05. The highest BCUT2D eigenvalue weighted by Crippen LogP contribution is 2.24. The van der Waals surface area contributed by atoms with E-state index < -0.39 is 9.84 Å². The Bertz CT molecular complexity index is 1430. The molecule has 1 aliphatic rings. The Morgan fingerprint density at radius 2 is 1.57 bits per heavy atom. The summed E-state index contributed by atoms with van der Waals surface area (Å²) in [5.74, 6) is -0.167. The number of amides is 1. The van der Waals surface area contributed by atoms with Gasteiger partial charge in [0, 0.05) is 49.0 Å². The maximum absolute atomic E-state index is 13.1. The van der Waals surface area contributed by atoms with E-state index in [4.69, 9.17) is 0 Å². The predicted octanol–water partition coefficient (Wildman–Crippen LogP) is 4.56. The monoisotopic (exact) mass is 485 g/mol. The van der Waals surface area contributed by atoms with Gasteiger partial charge in [-0.2, -0.15) is 0 Å². The van der Waals surface area contributed by atoms with Crippen molar-refractivity contribution in [1.82, 2.24) is 9.88 Å². The average molecular weight is 486 g/mol. The number of benzene rings is 3. The van der Waals surface area contributed by atoms with Crippen molar-refractivity contribution in [3.63, 3.8) is 0 Å². The van der Waals surface area contributed by atoms with Crippen molar-refractivity contribution < 1.29 is 13.2 Å². The van der Waals surface area contributed by atoms with Gasteiger partial charge in [-0.3, -0.25) is 9.78 Å². The van der Waals surface area contributed by atoms with Crippen molar-refractivity contribution in [1.29, 1.82) is 0 Å². The van der Waals surface area contributed by atoms with Gasteiger partial charge in [-0.25, -0.2) is 8.42 Å². The largest absolute Gasteiger partial charge is 0.370 e. The minimum Gasteiger partial charge on any atom is -0.370 e. The number of carbonyl (C=O) groups is 1. The Kier molecular flexibility index (Phi) is 6.51. The number of fused-ring (bicyclic) bond motifs is 1. The number of pyridine rings is 1. The van der Waals surface area contributed by atoms with Crippen LogP contribution in [0.5, 0.6) is 0 Å². The van der Waals surface area contributed by atoms with Crippen molar-refractivity contribution in [2.75, 3.05) is 31.1 Å². The summed E-state index contributed by atoms with van der Waals surface area (Å²) < 4.78 is 26.3. The molecule has 6 nitrogen and oxygen atoms in total. The van der Waals surface area contributed by atoms with Crippen LogP contribution in [0.25, 0.3) is 10.9 Å². The number of hydrogen-bond donors (Lipinski definition) is 0. The predicted molar refractivity (Wildman–Crippen MR) is 138 cm³/mol. The highest BCUT2D eigenvalue weighted by molar-refractivity contribution is 7.90. The Morgan fingerprint density at radius 3 is 2.37 bits per heavy atom. The number of hydrogen-bond acceptors (Lipinski definition) is 5. The number of anilines is 1. The van der Waals surface area contributed by atoms with E-state index in [-0.39, 0.29) is 16.6 Å². The van der Waals surface area contributed by atoms with E-state index in [9.17, 15) is 13.2 Å². The molecule has 0 saturated carbocycles. The van der Waals surface area contributed by atoms with Crippen molar-refractivity contribution in [3.05, 3.63) is 102 Å². The molecule has 1 saturated heterocycles. The first-order valence-corrected chi connectivity index (χ1v) is 13.4. The Morgan fingerprint density at radius 1 is 0.800 bits per heavy atom. The molecule has 1 amide bonds. The van der Waals surface area contributed by atoms with Gasteiger partial charge in [-0.05, 0) is 48.4 Å². The maximum Gasteiger partial charge on any atom is 0.253 e. The van der Waals surface area contributed by atoms with Crippen LogP contribution >= 0.6 is 0 Å². The van der Waals surface area contributed by atoms with Crippen LogP contribution in [0.4, 0.5) is 5.69 Å². The second-order valence-corrected chi connectivity index (χ2v) is 10.7. The molecule has 35 heavy (non-hydrogen) atoms. The molecule has 4 aromatic rings. The molecule has 3 aromatic carbocycles. The standard InChI is InChI=1S/C28H27N3O3S/c32-28(31-18-6-17-30(19-20-31)25-9-2-1-3-10-25)24-14-12-22(13-15-24)21-35(33,34)26-11-4-7-23-8-5-16-29-27(23)26/h1-5,7-16H,6,17-21H2. The average Bonchev–Trinajstić information content (AvgIpc) is 3.15. The molecule has 0 unspecified atom stereocenters. The number of para-hydroxylation sites is 2. The second kappa shape index (κ2) is 9.88. The lowest BCUT2D eigenvalue weighted by atomic mass is 10.1. The fraction of sp³-hybridized carbons (Fsp3) is 0.214. The molecule has 0 N–H and O–H groups in total. The molecule has 178 valence electrons. The van der Waals surface area contributed by atoms with Gasteiger partial charge in [0.25, 0.3) is 5.91 Å². The number of carbonyl (C=O) groups excluding carboxylic acids is 1. The van der Waals surface area contributed by atoms with E-state index in [0.29, 0.717) is 29.7 Å². The highest BCUT2D eigenvalue weighted by Gasteiger charge is 2.22. The summed E-state index contributed by atoms with van der Waals surface area (Å²) in [6, 6.07) is 26.0. The molecule has 1 aromatic heterocycles. The molecule has 0 bridgehead atoms. The third-order valence-corrected chi connectivity index (χ3v) is 8.11. The van der Waals surface area contributed by atoms with Gasteiger partial charge in [0.2, 0.25) is 0 Å². The van der Waals surface area contributed by atoms with Crippen LogP contribution < -0.4 is 4.90 Å². The minimum absolute atomic E-state index is 0.0208. The van der Waals surface area contributed by atoms with Crippen molar-refractivity contribution in [2.24, 2.45) is 0 Å². The van der Waals surface area contributed by atoms with Gasteiger partial charge >= 0.3 is 0 Å². The van der Waals surface area contributed by atoms with Gasteiger partial charge in [-0.15, -0.1) is 0 Å². The Balaban J connectivity index is 1.27. The summed E-state index contributed by atoms with van der Waals surface area (Å²) in [7, 11) is -3.59. The SMILES string of the molecule is O=C(c1ccc(CS(=O)(=O)c2cccc3cccnc23)cc1)N1CCCN(c2ccccc2)CC1. The normalized spacial score (nSPS) is 14.6. The fourth-order valence-electron chi connectivity index (χ4n) is 4.57. The van der Waals surface area contributed by atoms with Crippen LogP contribution in [-0.2, 0) is 15.6 Å². The molecule has 1 aliphatic heterocycles. The fourth-order valence-corrected chi connectivity index (χ4v) is 6.11. The van der Waals surface area contributed by atoms with Crippen molar-refractivity contribution >= 4 is 32.3 Å². The first-order valence-electron chi connectivity index (χ1n) is 11.8. The lowest BCUT2D eigenvalue weighted by molar-refractivity contribution is 0.0767. The van der Waals surface area contributed by atoms with E-state index in [0.717, 1.165) is 24.9 Å². The lowest BCUT2D eigenvalue weighted by Gasteiger charge is -2.23. The molecule has 0 atom stereocenters. The molecular weight excluding hydrogens is 458 g/mol. The topological polar surface area (TPSA) is 70.6 Å². The summed E-state index contributed by atoms with van der Waals surface area (Å²) in [5.41, 5.74) is 2.87. The molecule has 0 radical (unpaired) electrons. The smallest absolute Gasteiger partial charge is 0.253 e. The Labute approximate surface area is 205 Å². The van der Waals surface area contributed by atoms with Gasteiger partial charge in [0.15, 0.2) is 9.84 Å². The van der Waals surface area contributed by atoms with E-state index in [1.54, 1.807) is 48.7 Å². The number of nitrogens with zero attached hydrogens (tertiary/aromatic N) is 3. The third-order valence-electron chi connectivity index (χ3n) is 6.39. The lowest BCUT2D eigenvalue weighted by Crippen LogP contribution is -2.35. The van der Waals surface area contributed by atoms with E-state index in [2.05, 4.69) is 22.0 Å². The highest BCUT2D eigenvalue weighted by atomic mass is 32.2. The Hall–Kier alpha value is -3.71. The van der Waals surface area contributed by atoms with Crippen molar-refractivity contribution in [2.45, 2.75) is 17.1 Å². The zero-order chi connectivity index (χ0) is 24.3. The molecule has 2 heterocycles. The first kappa shape index (κ1) is 23.1. The van der Waals surface area contributed by atoms with Crippen molar-refractivity contribution in [3.8, 4) is 0 Å². The summed E-state index contributed by atoms with van der Waals surface area (Å²) in [5, 5.41) is 0.790. The number of rotatable bonds is 5. The summed E-state index contributed by atoms with van der Waals surface area (Å²) in [4.78, 5) is 21.8. The number of aromatic nitrogens is 1. The van der Waals surface area contributed by atoms with Crippen LogP contribution in [-0.4, -0.2) is 50.4 Å².